The Morgan fingerprint density at radius 3 is 2.50 bits per heavy atom. The van der Waals surface area contributed by atoms with E-state index >= 15 is 0 Å². The molecule has 4 rings (SSSR count). The number of primary amides is 1. The van der Waals surface area contributed by atoms with Crippen molar-refractivity contribution in [2.45, 2.75) is 32.4 Å². The van der Waals surface area contributed by atoms with Crippen molar-refractivity contribution >= 4 is 46.0 Å². The SMILES string of the molecule is COc1cc(O)c(C(N)=O)c2oc(C(=O)NC3CCN(Cc4c(Cl)cccc4Cl)CC3)c(C)c12. The highest BCUT2D eigenvalue weighted by molar-refractivity contribution is 6.36. The van der Waals surface area contributed by atoms with Crippen LogP contribution in [0, 0.1) is 6.92 Å². The van der Waals surface area contributed by atoms with Crippen LogP contribution in [0.2, 0.25) is 10.0 Å². The molecule has 1 aliphatic rings. The van der Waals surface area contributed by atoms with Gasteiger partial charge in [0.05, 0.1) is 12.5 Å². The number of methoxy groups -OCH3 is 1. The number of carbonyl (C=O) groups excluding carboxylic acids is 2. The van der Waals surface area contributed by atoms with Crippen molar-refractivity contribution in [1.29, 1.82) is 0 Å². The zero-order valence-corrected chi connectivity index (χ0v) is 20.3. The van der Waals surface area contributed by atoms with E-state index in [1.165, 1.54) is 13.2 Å². The second-order valence-electron chi connectivity index (χ2n) is 8.32. The Kier molecular flexibility index (Phi) is 6.93. The molecule has 0 unspecified atom stereocenters. The number of rotatable bonds is 6. The van der Waals surface area contributed by atoms with Crippen molar-refractivity contribution in [3.63, 3.8) is 0 Å². The van der Waals surface area contributed by atoms with Crippen LogP contribution in [0.4, 0.5) is 0 Å². The van der Waals surface area contributed by atoms with E-state index in [9.17, 15) is 14.7 Å². The molecule has 2 aromatic carbocycles. The van der Waals surface area contributed by atoms with Crippen molar-refractivity contribution in [1.82, 2.24) is 10.2 Å². The average molecular weight is 506 g/mol. The van der Waals surface area contributed by atoms with Gasteiger partial charge in [0.2, 0.25) is 0 Å². The molecule has 0 atom stereocenters. The summed E-state index contributed by atoms with van der Waals surface area (Å²) in [6.07, 6.45) is 1.48. The smallest absolute Gasteiger partial charge is 0.287 e. The van der Waals surface area contributed by atoms with E-state index < -0.39 is 11.8 Å². The Bertz CT molecular complexity index is 1250. The van der Waals surface area contributed by atoms with E-state index in [0.717, 1.165) is 31.5 Å². The molecular formula is C24H25Cl2N3O5. The Labute approximate surface area is 206 Å². The Balaban J connectivity index is 1.48. The number of nitrogens with zero attached hydrogens (tertiary/aromatic N) is 1. The largest absolute Gasteiger partial charge is 0.507 e. The normalized spacial score (nSPS) is 14.9. The molecule has 1 aromatic heterocycles. The van der Waals surface area contributed by atoms with E-state index in [2.05, 4.69) is 10.2 Å². The number of carbonyl (C=O) groups is 2. The number of aromatic hydroxyl groups is 1. The van der Waals surface area contributed by atoms with Crippen LogP contribution in [0.15, 0.2) is 28.7 Å². The van der Waals surface area contributed by atoms with E-state index in [-0.39, 0.29) is 34.4 Å². The standard InChI is InChI=1S/C24H25Cl2N3O5/c1-12-19-18(33-2)10-17(30)20(23(27)31)22(19)34-21(12)24(32)28-13-6-8-29(9-7-13)11-14-15(25)4-3-5-16(14)26/h3-5,10,13,30H,6-9,11H2,1-2H3,(H2,27,31)(H,28,32). The number of furan rings is 1. The van der Waals surface area contributed by atoms with Crippen molar-refractivity contribution in [3.05, 3.63) is 56.8 Å². The number of amides is 2. The van der Waals surface area contributed by atoms with Crippen LogP contribution < -0.4 is 15.8 Å². The molecule has 0 spiro atoms. The summed E-state index contributed by atoms with van der Waals surface area (Å²) in [6.45, 7) is 3.86. The van der Waals surface area contributed by atoms with Crippen LogP contribution >= 0.6 is 23.2 Å². The van der Waals surface area contributed by atoms with Crippen LogP contribution in [0.25, 0.3) is 11.0 Å². The summed E-state index contributed by atoms with van der Waals surface area (Å²) >= 11 is 12.6. The lowest BCUT2D eigenvalue weighted by Gasteiger charge is -2.32. The summed E-state index contributed by atoms with van der Waals surface area (Å²) in [7, 11) is 1.42. The third kappa shape index (κ3) is 4.53. The topological polar surface area (TPSA) is 118 Å². The van der Waals surface area contributed by atoms with Gasteiger partial charge in [0.25, 0.3) is 11.8 Å². The molecule has 180 valence electrons. The molecule has 0 bridgehead atoms. The van der Waals surface area contributed by atoms with E-state index in [4.69, 9.17) is 38.1 Å². The van der Waals surface area contributed by atoms with Gasteiger partial charge < -0.3 is 25.3 Å². The van der Waals surface area contributed by atoms with Crippen LogP contribution in [-0.2, 0) is 6.54 Å². The maximum absolute atomic E-state index is 13.1. The van der Waals surface area contributed by atoms with E-state index in [1.54, 1.807) is 6.92 Å². The number of likely N-dealkylation sites (tertiary alicyclic amines) is 1. The predicted octanol–water partition coefficient (Wildman–Crippen LogP) is 4.26. The minimum absolute atomic E-state index is 0.0263. The number of fused-ring (bicyclic) bond motifs is 1. The minimum Gasteiger partial charge on any atom is -0.507 e. The van der Waals surface area contributed by atoms with Gasteiger partial charge in [0, 0.05) is 52.9 Å². The van der Waals surface area contributed by atoms with Gasteiger partial charge in [-0.1, -0.05) is 29.3 Å². The number of piperidine rings is 1. The van der Waals surface area contributed by atoms with Gasteiger partial charge >= 0.3 is 0 Å². The molecule has 3 aromatic rings. The molecule has 2 heterocycles. The molecule has 2 amide bonds. The maximum atomic E-state index is 13.1. The molecule has 1 aliphatic heterocycles. The molecule has 1 fully saturated rings. The number of ether oxygens (including phenoxy) is 1. The molecule has 34 heavy (non-hydrogen) atoms. The van der Waals surface area contributed by atoms with Crippen molar-refractivity contribution in [2.75, 3.05) is 20.2 Å². The predicted molar refractivity (Wildman–Crippen MR) is 130 cm³/mol. The minimum atomic E-state index is -0.864. The van der Waals surface area contributed by atoms with Gasteiger partial charge in [-0.15, -0.1) is 0 Å². The summed E-state index contributed by atoms with van der Waals surface area (Å²) in [6, 6.07) is 6.70. The number of nitrogens with two attached hydrogens (primary N) is 1. The zero-order chi connectivity index (χ0) is 24.6. The van der Waals surface area contributed by atoms with Crippen LogP contribution in [0.5, 0.6) is 11.5 Å². The molecular weight excluding hydrogens is 481 g/mol. The van der Waals surface area contributed by atoms with Gasteiger partial charge in [0.15, 0.2) is 11.3 Å². The monoisotopic (exact) mass is 505 g/mol. The first-order valence-corrected chi connectivity index (χ1v) is 11.6. The Morgan fingerprint density at radius 1 is 1.26 bits per heavy atom. The molecule has 1 saturated heterocycles. The van der Waals surface area contributed by atoms with Gasteiger partial charge in [0.1, 0.15) is 17.1 Å². The Morgan fingerprint density at radius 2 is 1.91 bits per heavy atom. The number of benzene rings is 2. The number of hydrogen-bond donors (Lipinski definition) is 3. The highest BCUT2D eigenvalue weighted by Crippen LogP contribution is 2.40. The number of phenols is 1. The van der Waals surface area contributed by atoms with Gasteiger partial charge in [-0.3, -0.25) is 14.5 Å². The summed E-state index contributed by atoms with van der Waals surface area (Å²) in [5, 5.41) is 14.9. The van der Waals surface area contributed by atoms with E-state index in [1.807, 2.05) is 18.2 Å². The fourth-order valence-electron chi connectivity index (χ4n) is 4.38. The van der Waals surface area contributed by atoms with Crippen LogP contribution in [-0.4, -0.2) is 48.1 Å². The average Bonchev–Trinajstić information content (AvgIpc) is 3.13. The third-order valence-corrected chi connectivity index (χ3v) is 6.89. The van der Waals surface area contributed by atoms with Crippen molar-refractivity contribution < 1.29 is 23.8 Å². The first-order valence-electron chi connectivity index (χ1n) is 10.8. The summed E-state index contributed by atoms with van der Waals surface area (Å²) in [5.41, 5.74) is 6.65. The fourth-order valence-corrected chi connectivity index (χ4v) is 4.90. The molecule has 0 saturated carbocycles. The van der Waals surface area contributed by atoms with Gasteiger partial charge in [-0.05, 0) is 31.9 Å². The number of halogens is 2. The molecule has 4 N–H and O–H groups in total. The number of hydrogen-bond acceptors (Lipinski definition) is 6. The summed E-state index contributed by atoms with van der Waals surface area (Å²) in [5.74, 6) is -1.31. The summed E-state index contributed by atoms with van der Waals surface area (Å²) < 4.78 is 11.1. The van der Waals surface area contributed by atoms with Crippen LogP contribution in [0.3, 0.4) is 0 Å². The lowest BCUT2D eigenvalue weighted by Crippen LogP contribution is -2.44. The number of nitrogens with one attached hydrogen (secondary N) is 1. The van der Waals surface area contributed by atoms with Crippen LogP contribution in [0.1, 0.15) is 44.9 Å². The lowest BCUT2D eigenvalue weighted by molar-refractivity contribution is 0.0880. The highest BCUT2D eigenvalue weighted by Gasteiger charge is 2.29. The van der Waals surface area contributed by atoms with Gasteiger partial charge in [-0.2, -0.15) is 0 Å². The lowest BCUT2D eigenvalue weighted by atomic mass is 10.0. The first kappa shape index (κ1) is 24.2. The third-order valence-electron chi connectivity index (χ3n) is 6.18. The van der Waals surface area contributed by atoms with Gasteiger partial charge in [-0.25, -0.2) is 0 Å². The molecule has 0 radical (unpaired) electrons. The molecule has 10 heteroatoms. The van der Waals surface area contributed by atoms with E-state index in [0.29, 0.717) is 27.5 Å². The highest BCUT2D eigenvalue weighted by atomic mass is 35.5. The first-order chi connectivity index (χ1) is 16.2. The summed E-state index contributed by atoms with van der Waals surface area (Å²) in [4.78, 5) is 27.2. The fraction of sp³-hybridized carbons (Fsp3) is 0.333. The van der Waals surface area contributed by atoms with Crippen molar-refractivity contribution in [3.8, 4) is 11.5 Å². The molecule has 8 nitrogen and oxygen atoms in total. The molecule has 0 aliphatic carbocycles. The second kappa shape index (κ2) is 9.74. The second-order valence-corrected chi connectivity index (χ2v) is 9.14. The maximum Gasteiger partial charge on any atom is 0.287 e. The number of aryl methyl sites for hydroxylation is 1. The zero-order valence-electron chi connectivity index (χ0n) is 18.8. The van der Waals surface area contributed by atoms with Crippen molar-refractivity contribution in [2.24, 2.45) is 5.73 Å². The Hall–Kier alpha value is -2.94. The quantitative estimate of drug-likeness (QED) is 0.460.